The van der Waals surface area contributed by atoms with Crippen molar-refractivity contribution in [3.8, 4) is 0 Å². The fourth-order valence-electron chi connectivity index (χ4n) is 2.73. The van der Waals surface area contributed by atoms with E-state index in [4.69, 9.17) is 11.6 Å². The van der Waals surface area contributed by atoms with Gasteiger partial charge in [0.1, 0.15) is 5.82 Å². The first-order valence-electron chi connectivity index (χ1n) is 8.50. The Bertz CT molecular complexity index is 930. The third-order valence-electron chi connectivity index (χ3n) is 4.17. The van der Waals surface area contributed by atoms with Gasteiger partial charge in [0.2, 0.25) is 10.0 Å². The van der Waals surface area contributed by atoms with E-state index >= 15 is 0 Å². The Kier molecular flexibility index (Phi) is 6.97. The number of carbonyl (C=O) groups is 1. The number of halogens is 2. The number of sulfonamides is 1. The van der Waals surface area contributed by atoms with Gasteiger partial charge in [-0.05, 0) is 35.9 Å². The van der Waals surface area contributed by atoms with Crippen LogP contribution in [0.1, 0.15) is 29.8 Å². The van der Waals surface area contributed by atoms with Gasteiger partial charge < -0.3 is 4.90 Å². The highest BCUT2D eigenvalue weighted by molar-refractivity contribution is 7.89. The summed E-state index contributed by atoms with van der Waals surface area (Å²) in [5.41, 5.74) is 0.499. The maximum atomic E-state index is 14.3. The molecule has 1 amide bonds. The van der Waals surface area contributed by atoms with Crippen molar-refractivity contribution in [1.82, 2.24) is 9.21 Å². The molecule has 0 bridgehead atoms. The molecule has 8 heteroatoms. The van der Waals surface area contributed by atoms with Crippen LogP contribution in [-0.4, -0.2) is 43.7 Å². The maximum Gasteiger partial charge on any atom is 0.256 e. The van der Waals surface area contributed by atoms with Crippen LogP contribution in [0.2, 0.25) is 5.02 Å². The Balaban J connectivity index is 2.33. The zero-order chi connectivity index (χ0) is 20.2. The van der Waals surface area contributed by atoms with Crippen LogP contribution in [0.3, 0.4) is 0 Å². The SMILES string of the molecule is CCN(CC)S(=O)(=O)c1ccc(F)c(C(=O)N(C)Cc2cccc(Cl)c2)c1. The minimum atomic E-state index is -3.79. The number of amides is 1. The van der Waals surface area contributed by atoms with Crippen LogP contribution in [0.4, 0.5) is 4.39 Å². The topological polar surface area (TPSA) is 57.7 Å². The van der Waals surface area contributed by atoms with Crippen LogP contribution in [0.5, 0.6) is 0 Å². The fraction of sp³-hybridized carbons (Fsp3) is 0.316. The zero-order valence-corrected chi connectivity index (χ0v) is 17.0. The predicted octanol–water partition coefficient (Wildman–Crippen LogP) is 3.78. The lowest BCUT2D eigenvalue weighted by Crippen LogP contribution is -2.31. The summed E-state index contributed by atoms with van der Waals surface area (Å²) in [4.78, 5) is 13.9. The highest BCUT2D eigenvalue weighted by atomic mass is 35.5. The van der Waals surface area contributed by atoms with Gasteiger partial charge in [0.15, 0.2) is 0 Å². The highest BCUT2D eigenvalue weighted by Crippen LogP contribution is 2.21. The minimum absolute atomic E-state index is 0.105. The smallest absolute Gasteiger partial charge is 0.256 e. The van der Waals surface area contributed by atoms with E-state index in [1.54, 1.807) is 38.1 Å². The van der Waals surface area contributed by atoms with Crippen molar-refractivity contribution in [2.75, 3.05) is 20.1 Å². The van der Waals surface area contributed by atoms with E-state index in [0.29, 0.717) is 5.02 Å². The summed E-state index contributed by atoms with van der Waals surface area (Å²) in [7, 11) is -2.26. The first-order valence-corrected chi connectivity index (χ1v) is 10.3. The van der Waals surface area contributed by atoms with Gasteiger partial charge in [-0.2, -0.15) is 4.31 Å². The maximum absolute atomic E-state index is 14.3. The summed E-state index contributed by atoms with van der Waals surface area (Å²) in [6.07, 6.45) is 0. The van der Waals surface area contributed by atoms with Gasteiger partial charge in [-0.1, -0.05) is 37.6 Å². The first kappa shape index (κ1) is 21.3. The van der Waals surface area contributed by atoms with E-state index in [2.05, 4.69) is 0 Å². The van der Waals surface area contributed by atoms with E-state index in [1.165, 1.54) is 22.3 Å². The summed E-state index contributed by atoms with van der Waals surface area (Å²) in [5.74, 6) is -1.37. The molecule has 27 heavy (non-hydrogen) atoms. The standard InChI is InChI=1S/C19H22ClFN2O3S/c1-4-23(5-2)27(25,26)16-9-10-18(21)17(12-16)19(24)22(3)13-14-7-6-8-15(20)11-14/h6-12H,4-5,13H2,1-3H3. The molecule has 2 aromatic carbocycles. The molecule has 2 rings (SSSR count). The molecule has 0 saturated carbocycles. The molecule has 0 aliphatic carbocycles. The lowest BCUT2D eigenvalue weighted by atomic mass is 10.1. The molecule has 0 spiro atoms. The second-order valence-electron chi connectivity index (χ2n) is 6.02. The van der Waals surface area contributed by atoms with Gasteiger partial charge >= 0.3 is 0 Å². The van der Waals surface area contributed by atoms with Crippen molar-refractivity contribution >= 4 is 27.5 Å². The van der Waals surface area contributed by atoms with Crippen molar-refractivity contribution in [2.45, 2.75) is 25.3 Å². The van der Waals surface area contributed by atoms with Crippen molar-refractivity contribution in [3.63, 3.8) is 0 Å². The Hall–Kier alpha value is -1.96. The van der Waals surface area contributed by atoms with Gasteiger partial charge in [-0.3, -0.25) is 4.79 Å². The van der Waals surface area contributed by atoms with E-state index in [1.807, 2.05) is 0 Å². The number of nitrogens with zero attached hydrogens (tertiary/aromatic N) is 2. The van der Waals surface area contributed by atoms with Gasteiger partial charge in [0.25, 0.3) is 5.91 Å². The van der Waals surface area contributed by atoms with Crippen LogP contribution in [0.15, 0.2) is 47.4 Å². The lowest BCUT2D eigenvalue weighted by molar-refractivity contribution is 0.0780. The van der Waals surface area contributed by atoms with Gasteiger partial charge in [0.05, 0.1) is 10.5 Å². The van der Waals surface area contributed by atoms with Crippen molar-refractivity contribution in [2.24, 2.45) is 0 Å². The third kappa shape index (κ3) is 4.86. The van der Waals surface area contributed by atoms with E-state index in [0.717, 1.165) is 17.7 Å². The molecule has 2 aromatic rings. The molecule has 0 atom stereocenters. The number of rotatable bonds is 7. The number of carbonyl (C=O) groups excluding carboxylic acids is 1. The van der Waals surface area contributed by atoms with E-state index in [9.17, 15) is 17.6 Å². The fourth-order valence-corrected chi connectivity index (χ4v) is 4.43. The quantitative estimate of drug-likeness (QED) is 0.695. The largest absolute Gasteiger partial charge is 0.337 e. The molecule has 146 valence electrons. The van der Waals surface area contributed by atoms with Crippen LogP contribution in [0, 0.1) is 5.82 Å². The summed E-state index contributed by atoms with van der Waals surface area (Å²) in [5, 5.41) is 0.534. The molecule has 0 aliphatic rings. The minimum Gasteiger partial charge on any atom is -0.337 e. The Morgan fingerprint density at radius 2 is 1.78 bits per heavy atom. The molecule has 0 unspecified atom stereocenters. The average molecular weight is 413 g/mol. The summed E-state index contributed by atoms with van der Waals surface area (Å²) >= 11 is 5.94. The highest BCUT2D eigenvalue weighted by Gasteiger charge is 2.25. The van der Waals surface area contributed by atoms with Gasteiger partial charge in [-0.25, -0.2) is 12.8 Å². The van der Waals surface area contributed by atoms with Crippen molar-refractivity contribution in [1.29, 1.82) is 0 Å². The molecule has 0 radical (unpaired) electrons. The summed E-state index contributed by atoms with van der Waals surface area (Å²) in [6, 6.07) is 10.3. The number of hydrogen-bond donors (Lipinski definition) is 0. The average Bonchev–Trinajstić information content (AvgIpc) is 2.62. The third-order valence-corrected chi connectivity index (χ3v) is 6.45. The molecule has 0 aromatic heterocycles. The molecule has 5 nitrogen and oxygen atoms in total. The normalized spacial score (nSPS) is 11.6. The van der Waals surface area contributed by atoms with Crippen LogP contribution < -0.4 is 0 Å². The first-order chi connectivity index (χ1) is 12.7. The van der Waals surface area contributed by atoms with Gasteiger partial charge in [-0.15, -0.1) is 0 Å². The number of hydrogen-bond acceptors (Lipinski definition) is 3. The Morgan fingerprint density at radius 3 is 2.37 bits per heavy atom. The molecule has 0 saturated heterocycles. The Morgan fingerprint density at radius 1 is 1.11 bits per heavy atom. The second kappa shape index (κ2) is 8.82. The molecule has 0 fully saturated rings. The zero-order valence-electron chi connectivity index (χ0n) is 15.4. The molecular weight excluding hydrogens is 391 g/mol. The Labute approximate surface area is 164 Å². The predicted molar refractivity (Wildman–Crippen MR) is 104 cm³/mol. The molecule has 0 N–H and O–H groups in total. The second-order valence-corrected chi connectivity index (χ2v) is 8.40. The number of benzene rings is 2. The van der Waals surface area contributed by atoms with E-state index < -0.39 is 21.7 Å². The van der Waals surface area contributed by atoms with Crippen molar-refractivity contribution in [3.05, 3.63) is 64.4 Å². The summed E-state index contributed by atoms with van der Waals surface area (Å²) < 4.78 is 40.8. The molecular formula is C19H22ClFN2O3S. The van der Waals surface area contributed by atoms with Crippen molar-refractivity contribution < 1.29 is 17.6 Å². The molecule has 0 aliphatic heterocycles. The molecule has 0 heterocycles. The van der Waals surface area contributed by atoms with Crippen LogP contribution in [0.25, 0.3) is 0 Å². The van der Waals surface area contributed by atoms with Gasteiger partial charge in [0, 0.05) is 31.7 Å². The van der Waals surface area contributed by atoms with E-state index in [-0.39, 0.29) is 30.1 Å². The lowest BCUT2D eigenvalue weighted by Gasteiger charge is -2.20. The van der Waals surface area contributed by atoms with Crippen LogP contribution in [-0.2, 0) is 16.6 Å². The monoisotopic (exact) mass is 412 g/mol. The van der Waals surface area contributed by atoms with Crippen LogP contribution >= 0.6 is 11.6 Å². The summed E-state index contributed by atoms with van der Waals surface area (Å²) in [6.45, 7) is 4.22.